The summed E-state index contributed by atoms with van der Waals surface area (Å²) in [5.41, 5.74) is 8.81. The molecule has 1 heterocycles. The molecule has 170 valence electrons. The lowest BCUT2D eigenvalue weighted by Gasteiger charge is -2.36. The van der Waals surface area contributed by atoms with E-state index in [2.05, 4.69) is 6.07 Å². The fourth-order valence-electron chi connectivity index (χ4n) is 4.39. The molecule has 0 aliphatic carbocycles. The SMILES string of the molecule is COC(=O)C1=C(C(=O)OC)N(c2ccc(C)c3ccccc23)C(N)=C(C#N)C1c1ccccc1. The standard InChI is InChI=1S/C27H23N3O4/c1-16-13-14-21(19-12-8-7-11-18(16)19)30-24(27(32)34-3)23(26(31)33-2)22(20(15-28)25(30)29)17-9-5-4-6-10-17/h4-14,22H,29H2,1-3H3. The van der Waals surface area contributed by atoms with Crippen LogP contribution < -0.4 is 10.6 Å². The van der Waals surface area contributed by atoms with Crippen molar-refractivity contribution in [3.05, 3.63) is 101 Å². The lowest BCUT2D eigenvalue weighted by atomic mass is 9.80. The monoisotopic (exact) mass is 453 g/mol. The Hall–Kier alpha value is -4.57. The first-order valence-electron chi connectivity index (χ1n) is 10.6. The van der Waals surface area contributed by atoms with E-state index in [1.165, 1.54) is 19.1 Å². The van der Waals surface area contributed by atoms with Gasteiger partial charge in [0.25, 0.3) is 0 Å². The molecule has 0 spiro atoms. The van der Waals surface area contributed by atoms with Gasteiger partial charge in [-0.1, -0.05) is 60.7 Å². The molecular weight excluding hydrogens is 430 g/mol. The maximum absolute atomic E-state index is 13.2. The number of anilines is 1. The van der Waals surface area contributed by atoms with E-state index in [1.807, 2.05) is 43.3 Å². The second-order valence-electron chi connectivity index (χ2n) is 7.78. The molecule has 0 bridgehead atoms. The predicted molar refractivity (Wildman–Crippen MR) is 128 cm³/mol. The molecular formula is C27H23N3O4. The summed E-state index contributed by atoms with van der Waals surface area (Å²) in [6.07, 6.45) is 0. The van der Waals surface area contributed by atoms with Crippen molar-refractivity contribution in [1.29, 1.82) is 5.26 Å². The number of carbonyl (C=O) groups excluding carboxylic acids is 2. The van der Waals surface area contributed by atoms with Crippen LogP contribution in [0.3, 0.4) is 0 Å². The van der Waals surface area contributed by atoms with Crippen LogP contribution in [-0.4, -0.2) is 26.2 Å². The van der Waals surface area contributed by atoms with E-state index < -0.39 is 17.9 Å². The summed E-state index contributed by atoms with van der Waals surface area (Å²) in [4.78, 5) is 27.8. The molecule has 0 saturated heterocycles. The van der Waals surface area contributed by atoms with Crippen LogP contribution >= 0.6 is 0 Å². The number of aryl methyl sites for hydroxylation is 1. The molecule has 0 radical (unpaired) electrons. The van der Waals surface area contributed by atoms with Gasteiger partial charge >= 0.3 is 11.9 Å². The van der Waals surface area contributed by atoms with Crippen LogP contribution in [0.4, 0.5) is 5.69 Å². The Morgan fingerprint density at radius 3 is 2.15 bits per heavy atom. The van der Waals surface area contributed by atoms with Crippen LogP contribution in [0.15, 0.2) is 89.4 Å². The molecule has 2 N–H and O–H groups in total. The Bertz CT molecular complexity index is 1400. The Balaban J connectivity index is 2.13. The second-order valence-corrected chi connectivity index (χ2v) is 7.78. The number of carbonyl (C=O) groups is 2. The van der Waals surface area contributed by atoms with Gasteiger partial charge in [0.15, 0.2) is 0 Å². The lowest BCUT2D eigenvalue weighted by Crippen LogP contribution is -2.40. The molecule has 1 atom stereocenters. The number of nitrogens with zero attached hydrogens (tertiary/aromatic N) is 2. The van der Waals surface area contributed by atoms with Gasteiger partial charge in [-0.05, 0) is 29.5 Å². The molecule has 1 aliphatic rings. The third-order valence-corrected chi connectivity index (χ3v) is 5.97. The number of hydrogen-bond acceptors (Lipinski definition) is 7. The second kappa shape index (κ2) is 9.12. The molecule has 7 heteroatoms. The van der Waals surface area contributed by atoms with E-state index in [0.717, 1.165) is 16.3 Å². The highest BCUT2D eigenvalue weighted by atomic mass is 16.5. The maximum Gasteiger partial charge on any atom is 0.355 e. The molecule has 1 unspecified atom stereocenters. The Labute approximate surface area is 197 Å². The fraction of sp³-hybridized carbons (Fsp3) is 0.148. The van der Waals surface area contributed by atoms with Crippen LogP contribution in [0.1, 0.15) is 17.0 Å². The largest absolute Gasteiger partial charge is 0.466 e. The molecule has 4 rings (SSSR count). The van der Waals surface area contributed by atoms with Crippen molar-refractivity contribution in [2.45, 2.75) is 12.8 Å². The lowest BCUT2D eigenvalue weighted by molar-refractivity contribution is -0.139. The summed E-state index contributed by atoms with van der Waals surface area (Å²) in [6, 6.07) is 22.4. The highest BCUT2D eigenvalue weighted by Crippen LogP contribution is 2.44. The van der Waals surface area contributed by atoms with E-state index in [-0.39, 0.29) is 22.7 Å². The van der Waals surface area contributed by atoms with Gasteiger partial charge in [0.2, 0.25) is 0 Å². The number of fused-ring (bicyclic) bond motifs is 1. The number of benzene rings is 3. The van der Waals surface area contributed by atoms with Crippen LogP contribution in [-0.2, 0) is 19.1 Å². The summed E-state index contributed by atoms with van der Waals surface area (Å²) in [5, 5.41) is 11.9. The minimum Gasteiger partial charge on any atom is -0.466 e. The Morgan fingerprint density at radius 2 is 1.53 bits per heavy atom. The van der Waals surface area contributed by atoms with Crippen molar-refractivity contribution in [2.75, 3.05) is 19.1 Å². The average Bonchev–Trinajstić information content (AvgIpc) is 2.88. The first kappa shape index (κ1) is 22.6. The van der Waals surface area contributed by atoms with Crippen molar-refractivity contribution < 1.29 is 19.1 Å². The van der Waals surface area contributed by atoms with Gasteiger partial charge in [-0.3, -0.25) is 4.90 Å². The van der Waals surface area contributed by atoms with Crippen molar-refractivity contribution in [1.82, 2.24) is 0 Å². The maximum atomic E-state index is 13.2. The van der Waals surface area contributed by atoms with Crippen LogP contribution in [0.5, 0.6) is 0 Å². The number of rotatable bonds is 4. The quantitative estimate of drug-likeness (QED) is 0.594. The first-order valence-corrected chi connectivity index (χ1v) is 10.6. The van der Waals surface area contributed by atoms with Crippen molar-refractivity contribution in [2.24, 2.45) is 5.73 Å². The van der Waals surface area contributed by atoms with Crippen LogP contribution in [0.2, 0.25) is 0 Å². The predicted octanol–water partition coefficient (Wildman–Crippen LogP) is 4.05. The topological polar surface area (TPSA) is 106 Å². The molecule has 0 saturated carbocycles. The number of ether oxygens (including phenoxy) is 2. The minimum atomic E-state index is -0.902. The molecule has 34 heavy (non-hydrogen) atoms. The Kier molecular flexibility index (Phi) is 6.07. The van der Waals surface area contributed by atoms with Gasteiger partial charge in [-0.2, -0.15) is 5.26 Å². The molecule has 7 nitrogen and oxygen atoms in total. The summed E-state index contributed by atoms with van der Waals surface area (Å²) < 4.78 is 10.2. The highest BCUT2D eigenvalue weighted by Gasteiger charge is 2.43. The number of hydrogen-bond donors (Lipinski definition) is 1. The zero-order valence-electron chi connectivity index (χ0n) is 19.0. The van der Waals surface area contributed by atoms with Gasteiger partial charge in [0, 0.05) is 5.39 Å². The van der Waals surface area contributed by atoms with Crippen molar-refractivity contribution in [3.8, 4) is 6.07 Å². The molecule has 3 aromatic carbocycles. The third-order valence-electron chi connectivity index (χ3n) is 5.97. The highest BCUT2D eigenvalue weighted by molar-refractivity contribution is 6.09. The Morgan fingerprint density at radius 1 is 0.912 bits per heavy atom. The van der Waals surface area contributed by atoms with Crippen molar-refractivity contribution in [3.63, 3.8) is 0 Å². The molecule has 0 aromatic heterocycles. The molecule has 3 aromatic rings. The number of esters is 2. The van der Waals surface area contributed by atoms with Crippen LogP contribution in [0, 0.1) is 18.3 Å². The van der Waals surface area contributed by atoms with Gasteiger partial charge < -0.3 is 15.2 Å². The molecule has 0 fully saturated rings. The van der Waals surface area contributed by atoms with E-state index in [1.54, 1.807) is 30.3 Å². The summed E-state index contributed by atoms with van der Waals surface area (Å²) >= 11 is 0. The molecule has 1 aliphatic heterocycles. The zero-order chi connectivity index (χ0) is 24.4. The zero-order valence-corrected chi connectivity index (χ0v) is 19.0. The number of nitrogens with two attached hydrogens (primary N) is 1. The first-order chi connectivity index (χ1) is 16.4. The van der Waals surface area contributed by atoms with Gasteiger partial charge in [-0.15, -0.1) is 0 Å². The van der Waals surface area contributed by atoms with E-state index in [9.17, 15) is 14.9 Å². The normalized spacial score (nSPS) is 15.8. The number of allylic oxidation sites excluding steroid dienone is 1. The summed E-state index contributed by atoms with van der Waals surface area (Å²) in [7, 11) is 2.46. The van der Waals surface area contributed by atoms with Gasteiger partial charge in [0.1, 0.15) is 11.5 Å². The van der Waals surface area contributed by atoms with E-state index in [4.69, 9.17) is 15.2 Å². The van der Waals surface area contributed by atoms with Gasteiger partial charge in [-0.25, -0.2) is 9.59 Å². The fourth-order valence-corrected chi connectivity index (χ4v) is 4.39. The molecule has 0 amide bonds. The van der Waals surface area contributed by atoms with Crippen LogP contribution in [0.25, 0.3) is 10.8 Å². The van der Waals surface area contributed by atoms with E-state index >= 15 is 0 Å². The third kappa shape index (κ3) is 3.55. The number of nitriles is 1. The minimum absolute atomic E-state index is 0.0176. The number of methoxy groups -OCH3 is 2. The van der Waals surface area contributed by atoms with E-state index in [0.29, 0.717) is 11.3 Å². The summed E-state index contributed by atoms with van der Waals surface area (Å²) in [6.45, 7) is 1.98. The smallest absolute Gasteiger partial charge is 0.355 e. The van der Waals surface area contributed by atoms with Crippen molar-refractivity contribution >= 4 is 28.4 Å². The average molecular weight is 453 g/mol. The van der Waals surface area contributed by atoms with Gasteiger partial charge in [0.05, 0.1) is 43.0 Å². The summed E-state index contributed by atoms with van der Waals surface area (Å²) in [5.74, 6) is -2.39.